The molecule has 2 atom stereocenters. The number of carbonyl (C=O) groups is 3. The molecule has 1 aliphatic rings. The molecule has 0 saturated carbocycles. The van der Waals surface area contributed by atoms with Gasteiger partial charge in [-0.3, -0.25) is 9.69 Å². The second-order valence-electron chi connectivity index (χ2n) is 8.70. The number of nitrogens with zero attached hydrogens (tertiary/aromatic N) is 3. The van der Waals surface area contributed by atoms with Crippen molar-refractivity contribution in [1.82, 2.24) is 10.2 Å². The van der Waals surface area contributed by atoms with Crippen molar-refractivity contribution in [2.75, 3.05) is 6.54 Å². The summed E-state index contributed by atoms with van der Waals surface area (Å²) in [6.07, 6.45) is 0.616. The molecule has 1 fully saturated rings. The summed E-state index contributed by atoms with van der Waals surface area (Å²) < 4.78 is 5.45. The van der Waals surface area contributed by atoms with Crippen LogP contribution >= 0.6 is 0 Å². The van der Waals surface area contributed by atoms with Crippen LogP contribution in [0.5, 0.6) is 0 Å². The number of azo groups is 1. The van der Waals surface area contributed by atoms with Gasteiger partial charge in [0.15, 0.2) is 0 Å². The normalized spacial score (nSPS) is 15.9. The van der Waals surface area contributed by atoms with Crippen molar-refractivity contribution in [3.05, 3.63) is 96.1 Å². The number of benzene rings is 3. The van der Waals surface area contributed by atoms with E-state index < -0.39 is 30.1 Å². The first-order valence-electron chi connectivity index (χ1n) is 12.1. The predicted molar refractivity (Wildman–Crippen MR) is 137 cm³/mol. The lowest BCUT2D eigenvalue weighted by molar-refractivity contribution is -0.142. The van der Waals surface area contributed by atoms with Crippen molar-refractivity contribution in [3.8, 4) is 0 Å². The van der Waals surface area contributed by atoms with Gasteiger partial charge >= 0.3 is 12.1 Å². The Morgan fingerprint density at radius 2 is 1.51 bits per heavy atom. The van der Waals surface area contributed by atoms with E-state index in [4.69, 9.17) is 4.74 Å². The van der Waals surface area contributed by atoms with E-state index in [0.29, 0.717) is 25.1 Å². The average Bonchev–Trinajstić information content (AvgIpc) is 3.42. The van der Waals surface area contributed by atoms with Gasteiger partial charge in [-0.1, -0.05) is 60.7 Å². The van der Waals surface area contributed by atoms with Gasteiger partial charge in [-0.15, -0.1) is 0 Å². The minimum Gasteiger partial charge on any atom is -0.480 e. The van der Waals surface area contributed by atoms with Crippen LogP contribution < -0.4 is 5.32 Å². The quantitative estimate of drug-likeness (QED) is 0.400. The van der Waals surface area contributed by atoms with Crippen LogP contribution in [0, 0.1) is 0 Å². The standard InChI is InChI=1S/C28H28N4O5/c33-26(29-24(27(34)35)18-20-8-3-1-4-9-20)25-12-7-17-32(25)28(36)37-19-21-13-15-23(16-14-21)31-30-22-10-5-2-6-11-22/h1-6,8-11,13-16,24-25H,7,12,17-19H2,(H,29,33)(H,34,35). The molecule has 190 valence electrons. The van der Waals surface area contributed by atoms with Crippen LogP contribution in [0.1, 0.15) is 24.0 Å². The van der Waals surface area contributed by atoms with Gasteiger partial charge < -0.3 is 15.2 Å². The Morgan fingerprint density at radius 3 is 2.16 bits per heavy atom. The van der Waals surface area contributed by atoms with Crippen LogP contribution in [-0.2, 0) is 27.4 Å². The van der Waals surface area contributed by atoms with Gasteiger partial charge in [0.25, 0.3) is 0 Å². The first-order valence-corrected chi connectivity index (χ1v) is 12.1. The summed E-state index contributed by atoms with van der Waals surface area (Å²) in [5.74, 6) is -1.62. The highest BCUT2D eigenvalue weighted by Gasteiger charge is 2.36. The minimum atomic E-state index is -1.13. The van der Waals surface area contributed by atoms with Gasteiger partial charge in [0.2, 0.25) is 5.91 Å². The molecule has 3 aromatic rings. The third-order valence-corrected chi connectivity index (χ3v) is 6.02. The Hall–Kier alpha value is -4.53. The number of carboxylic acids is 1. The lowest BCUT2D eigenvalue weighted by Gasteiger charge is -2.25. The minimum absolute atomic E-state index is 0.0333. The summed E-state index contributed by atoms with van der Waals surface area (Å²) in [7, 11) is 0. The fraction of sp³-hybridized carbons (Fsp3) is 0.250. The molecule has 2 unspecified atom stereocenters. The summed E-state index contributed by atoms with van der Waals surface area (Å²) in [6, 6.07) is 23.7. The molecule has 2 amide bonds. The first-order chi connectivity index (χ1) is 18.0. The highest BCUT2D eigenvalue weighted by molar-refractivity contribution is 5.89. The van der Waals surface area contributed by atoms with Gasteiger partial charge in [0.1, 0.15) is 18.7 Å². The Kier molecular flexibility index (Phi) is 8.59. The Labute approximate surface area is 214 Å². The monoisotopic (exact) mass is 500 g/mol. The molecule has 9 heteroatoms. The second-order valence-corrected chi connectivity index (χ2v) is 8.70. The van der Waals surface area contributed by atoms with E-state index >= 15 is 0 Å². The number of ether oxygens (including phenoxy) is 1. The number of hydrogen-bond donors (Lipinski definition) is 2. The molecule has 0 spiro atoms. The smallest absolute Gasteiger partial charge is 0.410 e. The van der Waals surface area contributed by atoms with Crippen molar-refractivity contribution in [1.29, 1.82) is 0 Å². The van der Waals surface area contributed by atoms with Crippen LogP contribution in [0.4, 0.5) is 16.2 Å². The largest absolute Gasteiger partial charge is 0.480 e. The van der Waals surface area contributed by atoms with Gasteiger partial charge in [0.05, 0.1) is 11.4 Å². The molecule has 0 aromatic heterocycles. The SMILES string of the molecule is O=C(O)C(Cc1ccccc1)NC(=O)C1CCCN1C(=O)OCc1ccc(N=Nc2ccccc2)cc1. The van der Waals surface area contributed by atoms with Crippen molar-refractivity contribution < 1.29 is 24.2 Å². The Bertz CT molecular complexity index is 1230. The number of rotatable bonds is 9. The fourth-order valence-corrected chi connectivity index (χ4v) is 4.07. The van der Waals surface area contributed by atoms with Crippen molar-refractivity contribution in [3.63, 3.8) is 0 Å². The van der Waals surface area contributed by atoms with Crippen molar-refractivity contribution >= 4 is 29.3 Å². The van der Waals surface area contributed by atoms with Crippen LogP contribution in [-0.4, -0.2) is 46.6 Å². The van der Waals surface area contributed by atoms with E-state index in [1.165, 1.54) is 4.90 Å². The predicted octanol–water partition coefficient (Wildman–Crippen LogP) is 5.02. The van der Waals surface area contributed by atoms with Crippen LogP contribution in [0.2, 0.25) is 0 Å². The topological polar surface area (TPSA) is 121 Å². The van der Waals surface area contributed by atoms with E-state index in [-0.39, 0.29) is 13.0 Å². The highest BCUT2D eigenvalue weighted by atomic mass is 16.6. The molecule has 0 aliphatic carbocycles. The fourth-order valence-electron chi connectivity index (χ4n) is 4.07. The molecule has 1 aliphatic heterocycles. The Balaban J connectivity index is 1.30. The number of likely N-dealkylation sites (tertiary alicyclic amines) is 1. The zero-order valence-corrected chi connectivity index (χ0v) is 20.2. The third kappa shape index (κ3) is 7.23. The van der Waals surface area contributed by atoms with Gasteiger partial charge in [-0.05, 0) is 48.2 Å². The zero-order valence-electron chi connectivity index (χ0n) is 20.2. The van der Waals surface area contributed by atoms with E-state index in [1.54, 1.807) is 36.4 Å². The molecule has 1 heterocycles. The molecular weight excluding hydrogens is 472 g/mol. The van der Waals surface area contributed by atoms with Crippen molar-refractivity contribution in [2.24, 2.45) is 10.2 Å². The molecule has 1 saturated heterocycles. The van der Waals surface area contributed by atoms with Gasteiger partial charge in [-0.25, -0.2) is 9.59 Å². The molecule has 9 nitrogen and oxygen atoms in total. The summed E-state index contributed by atoms with van der Waals surface area (Å²) in [4.78, 5) is 38.7. The third-order valence-electron chi connectivity index (χ3n) is 6.02. The molecule has 37 heavy (non-hydrogen) atoms. The molecule has 0 bridgehead atoms. The van der Waals surface area contributed by atoms with Crippen LogP contribution in [0.25, 0.3) is 0 Å². The van der Waals surface area contributed by atoms with Gasteiger partial charge in [0, 0.05) is 13.0 Å². The molecule has 0 radical (unpaired) electrons. The van der Waals surface area contributed by atoms with Crippen LogP contribution in [0.15, 0.2) is 95.2 Å². The van der Waals surface area contributed by atoms with Crippen LogP contribution in [0.3, 0.4) is 0 Å². The van der Waals surface area contributed by atoms with Crippen molar-refractivity contribution in [2.45, 2.75) is 38.0 Å². The number of hydrogen-bond acceptors (Lipinski definition) is 6. The zero-order chi connectivity index (χ0) is 26.0. The maximum Gasteiger partial charge on any atom is 0.410 e. The number of amides is 2. The maximum atomic E-state index is 12.9. The number of nitrogens with one attached hydrogen (secondary N) is 1. The van der Waals surface area contributed by atoms with E-state index in [9.17, 15) is 19.5 Å². The van der Waals surface area contributed by atoms with Gasteiger partial charge in [-0.2, -0.15) is 10.2 Å². The number of carboxylic acid groups (broad SMARTS) is 1. The second kappa shape index (κ2) is 12.4. The molecule has 3 aromatic carbocycles. The number of carbonyl (C=O) groups excluding carboxylic acids is 2. The average molecular weight is 501 g/mol. The summed E-state index contributed by atoms with van der Waals surface area (Å²) >= 11 is 0. The highest BCUT2D eigenvalue weighted by Crippen LogP contribution is 2.21. The Morgan fingerprint density at radius 1 is 0.892 bits per heavy atom. The lowest BCUT2D eigenvalue weighted by Crippen LogP contribution is -2.51. The summed E-state index contributed by atoms with van der Waals surface area (Å²) in [5, 5.41) is 20.5. The molecule has 4 rings (SSSR count). The summed E-state index contributed by atoms with van der Waals surface area (Å²) in [6.45, 7) is 0.400. The maximum absolute atomic E-state index is 12.9. The molecule has 2 N–H and O–H groups in total. The van der Waals surface area contributed by atoms with E-state index in [0.717, 1.165) is 16.8 Å². The summed E-state index contributed by atoms with van der Waals surface area (Å²) in [5.41, 5.74) is 2.98. The molecular formula is C28H28N4O5. The number of aliphatic carboxylic acids is 1. The van der Waals surface area contributed by atoms with E-state index in [2.05, 4.69) is 15.5 Å². The lowest BCUT2D eigenvalue weighted by atomic mass is 10.1. The van der Waals surface area contributed by atoms with E-state index in [1.807, 2.05) is 48.5 Å². The first kappa shape index (κ1) is 25.6.